The van der Waals surface area contributed by atoms with Gasteiger partial charge in [-0.05, 0) is 24.3 Å². The first-order chi connectivity index (χ1) is 15.1. The Morgan fingerprint density at radius 3 is 2.84 bits per heavy atom. The maximum Gasteiger partial charge on any atom is 0.307 e. The molecule has 0 aliphatic carbocycles. The molecule has 0 bridgehead atoms. The number of anilines is 1. The highest BCUT2D eigenvalue weighted by Gasteiger charge is 2.29. The average Bonchev–Trinajstić information content (AvgIpc) is 3.26. The molecule has 31 heavy (non-hydrogen) atoms. The standard InChI is InChI=1S/C21H19N3O6S/c1-27-12-7-8-13(15(9-12)28-2)20-23-18(30-24-20)11-29-19(25)10-17-21(26)22-14-5-3-4-6-16(14)31-17/h3-9,17H,10-11H2,1-2H3,(H,22,26)/t17-/m1/s1. The number of hydrogen-bond acceptors (Lipinski definition) is 9. The van der Waals surface area contributed by atoms with E-state index in [0.29, 0.717) is 22.9 Å². The summed E-state index contributed by atoms with van der Waals surface area (Å²) in [5, 5.41) is 6.15. The number of nitrogens with one attached hydrogen (secondary N) is 1. The lowest BCUT2D eigenvalue weighted by molar-refractivity contribution is -0.146. The molecule has 0 spiro atoms. The molecule has 0 saturated carbocycles. The first-order valence-electron chi connectivity index (χ1n) is 9.34. The van der Waals surface area contributed by atoms with Gasteiger partial charge >= 0.3 is 5.97 Å². The largest absolute Gasteiger partial charge is 0.497 e. The Morgan fingerprint density at radius 2 is 2.03 bits per heavy atom. The summed E-state index contributed by atoms with van der Waals surface area (Å²) in [7, 11) is 3.09. The molecule has 1 aliphatic heterocycles. The summed E-state index contributed by atoms with van der Waals surface area (Å²) >= 11 is 1.34. The average molecular weight is 441 g/mol. The molecule has 1 amide bonds. The molecule has 0 radical (unpaired) electrons. The molecule has 1 N–H and O–H groups in total. The minimum atomic E-state index is -0.566. The molecule has 3 aromatic rings. The molecule has 0 unspecified atom stereocenters. The van der Waals surface area contributed by atoms with Crippen molar-refractivity contribution in [2.45, 2.75) is 23.2 Å². The van der Waals surface area contributed by atoms with Gasteiger partial charge in [0.1, 0.15) is 11.5 Å². The van der Waals surface area contributed by atoms with E-state index in [0.717, 1.165) is 10.6 Å². The number of carbonyl (C=O) groups is 2. The van der Waals surface area contributed by atoms with Gasteiger partial charge in [0.15, 0.2) is 6.61 Å². The topological polar surface area (TPSA) is 113 Å². The van der Waals surface area contributed by atoms with Crippen LogP contribution in [-0.2, 0) is 20.9 Å². The van der Waals surface area contributed by atoms with E-state index in [-0.39, 0.29) is 24.8 Å². The first kappa shape index (κ1) is 20.7. The van der Waals surface area contributed by atoms with Crippen LogP contribution >= 0.6 is 11.8 Å². The zero-order valence-electron chi connectivity index (χ0n) is 16.8. The summed E-state index contributed by atoms with van der Waals surface area (Å²) < 4.78 is 20.9. The van der Waals surface area contributed by atoms with E-state index in [1.165, 1.54) is 18.9 Å². The lowest BCUT2D eigenvalue weighted by atomic mass is 10.2. The highest BCUT2D eigenvalue weighted by Crippen LogP contribution is 2.36. The lowest BCUT2D eigenvalue weighted by Crippen LogP contribution is -2.31. The number of amides is 1. The van der Waals surface area contributed by atoms with Crippen molar-refractivity contribution in [3.63, 3.8) is 0 Å². The Morgan fingerprint density at radius 1 is 1.19 bits per heavy atom. The number of ether oxygens (including phenoxy) is 3. The number of aromatic nitrogens is 2. The Balaban J connectivity index is 1.36. The Bertz CT molecular complexity index is 1120. The number of carbonyl (C=O) groups excluding carboxylic acids is 2. The van der Waals surface area contributed by atoms with Crippen LogP contribution in [-0.4, -0.2) is 41.5 Å². The zero-order valence-corrected chi connectivity index (χ0v) is 17.6. The third-order valence-corrected chi connectivity index (χ3v) is 5.81. The second-order valence-corrected chi connectivity index (χ2v) is 7.78. The number of benzene rings is 2. The fraction of sp³-hybridized carbons (Fsp3) is 0.238. The smallest absolute Gasteiger partial charge is 0.307 e. The van der Waals surface area contributed by atoms with Gasteiger partial charge < -0.3 is 24.1 Å². The third-order valence-electron chi connectivity index (χ3n) is 4.53. The Hall–Kier alpha value is -3.53. The Labute approximate surface area is 182 Å². The quantitative estimate of drug-likeness (QED) is 0.552. The van der Waals surface area contributed by atoms with Crippen molar-refractivity contribution in [1.82, 2.24) is 10.1 Å². The molecule has 1 aromatic heterocycles. The molecule has 4 rings (SSSR count). The summed E-state index contributed by atoms with van der Waals surface area (Å²) in [6, 6.07) is 12.6. The molecule has 0 saturated heterocycles. The molecular weight excluding hydrogens is 422 g/mol. The van der Waals surface area contributed by atoms with Gasteiger partial charge in [0.05, 0.1) is 37.1 Å². The number of esters is 1. The van der Waals surface area contributed by atoms with Crippen molar-refractivity contribution >= 4 is 29.3 Å². The van der Waals surface area contributed by atoms with E-state index in [9.17, 15) is 9.59 Å². The van der Waals surface area contributed by atoms with Crippen LogP contribution in [0.15, 0.2) is 51.9 Å². The fourth-order valence-corrected chi connectivity index (χ4v) is 4.08. The molecular formula is C21H19N3O6S. The van der Waals surface area contributed by atoms with Crippen LogP contribution in [0.1, 0.15) is 12.3 Å². The number of hydrogen-bond donors (Lipinski definition) is 1. The van der Waals surface area contributed by atoms with E-state index >= 15 is 0 Å². The van der Waals surface area contributed by atoms with Gasteiger partial charge in [0.25, 0.3) is 5.89 Å². The number of rotatable bonds is 7. The van der Waals surface area contributed by atoms with E-state index in [1.54, 1.807) is 25.3 Å². The Kier molecular flexibility index (Phi) is 6.08. The van der Waals surface area contributed by atoms with Crippen LogP contribution in [0.25, 0.3) is 11.4 Å². The molecule has 2 aromatic carbocycles. The highest BCUT2D eigenvalue weighted by atomic mass is 32.2. The molecule has 1 aliphatic rings. The van der Waals surface area contributed by atoms with Gasteiger partial charge in [-0.1, -0.05) is 17.3 Å². The third kappa shape index (κ3) is 4.64. The van der Waals surface area contributed by atoms with Crippen LogP contribution < -0.4 is 14.8 Å². The van der Waals surface area contributed by atoms with Crippen molar-refractivity contribution in [2.24, 2.45) is 0 Å². The van der Waals surface area contributed by atoms with Crippen molar-refractivity contribution < 1.29 is 28.3 Å². The van der Waals surface area contributed by atoms with Gasteiger partial charge in [-0.3, -0.25) is 9.59 Å². The first-order valence-corrected chi connectivity index (χ1v) is 10.2. The summed E-state index contributed by atoms with van der Waals surface area (Å²) in [6.07, 6.45) is -0.0713. The molecule has 9 nitrogen and oxygen atoms in total. The number of fused-ring (bicyclic) bond motifs is 1. The van der Waals surface area contributed by atoms with Crippen molar-refractivity contribution in [3.8, 4) is 22.9 Å². The van der Waals surface area contributed by atoms with Crippen LogP contribution in [0.2, 0.25) is 0 Å². The summed E-state index contributed by atoms with van der Waals surface area (Å²) in [5.74, 6) is 0.813. The molecule has 10 heteroatoms. The lowest BCUT2D eigenvalue weighted by Gasteiger charge is -2.23. The van der Waals surface area contributed by atoms with Crippen LogP contribution in [0.5, 0.6) is 11.5 Å². The number of nitrogens with zero attached hydrogens (tertiary/aromatic N) is 2. The summed E-state index contributed by atoms with van der Waals surface area (Å²) in [6.45, 7) is -0.195. The summed E-state index contributed by atoms with van der Waals surface area (Å²) in [5.41, 5.74) is 1.35. The van der Waals surface area contributed by atoms with E-state index in [2.05, 4.69) is 15.5 Å². The van der Waals surface area contributed by atoms with Crippen LogP contribution in [0.4, 0.5) is 5.69 Å². The van der Waals surface area contributed by atoms with E-state index < -0.39 is 11.2 Å². The predicted molar refractivity (Wildman–Crippen MR) is 112 cm³/mol. The molecule has 2 heterocycles. The van der Waals surface area contributed by atoms with E-state index in [4.69, 9.17) is 18.7 Å². The molecule has 0 fully saturated rings. The number of para-hydroxylation sites is 1. The maximum absolute atomic E-state index is 12.3. The van der Waals surface area contributed by atoms with Crippen molar-refractivity contribution in [2.75, 3.05) is 19.5 Å². The number of thioether (sulfide) groups is 1. The SMILES string of the molecule is COc1ccc(-c2noc(COC(=O)C[C@H]3Sc4ccccc4NC3=O)n2)c(OC)c1. The second kappa shape index (κ2) is 9.09. The number of methoxy groups -OCH3 is 2. The molecule has 1 atom stereocenters. The zero-order chi connectivity index (χ0) is 21.8. The monoisotopic (exact) mass is 441 g/mol. The van der Waals surface area contributed by atoms with E-state index in [1.807, 2.05) is 24.3 Å². The van der Waals surface area contributed by atoms with Crippen LogP contribution in [0, 0.1) is 0 Å². The fourth-order valence-electron chi connectivity index (χ4n) is 2.99. The predicted octanol–water partition coefficient (Wildman–Crippen LogP) is 3.30. The van der Waals surface area contributed by atoms with Crippen molar-refractivity contribution in [1.29, 1.82) is 0 Å². The highest BCUT2D eigenvalue weighted by molar-refractivity contribution is 8.01. The minimum Gasteiger partial charge on any atom is -0.497 e. The second-order valence-electron chi connectivity index (χ2n) is 6.53. The normalized spacial score (nSPS) is 15.0. The minimum absolute atomic E-state index is 0.0713. The van der Waals surface area contributed by atoms with Gasteiger partial charge in [-0.2, -0.15) is 4.98 Å². The van der Waals surface area contributed by atoms with Gasteiger partial charge in [0, 0.05) is 11.0 Å². The molecule has 160 valence electrons. The van der Waals surface area contributed by atoms with Crippen LogP contribution in [0.3, 0.4) is 0 Å². The van der Waals surface area contributed by atoms with Gasteiger partial charge in [-0.15, -0.1) is 11.8 Å². The van der Waals surface area contributed by atoms with Gasteiger partial charge in [-0.25, -0.2) is 0 Å². The maximum atomic E-state index is 12.3. The van der Waals surface area contributed by atoms with Gasteiger partial charge in [0.2, 0.25) is 11.7 Å². The van der Waals surface area contributed by atoms with Crippen molar-refractivity contribution in [3.05, 3.63) is 48.4 Å². The summed E-state index contributed by atoms with van der Waals surface area (Å²) in [4.78, 5) is 29.6.